The average molecular weight is 284 g/mol. The predicted molar refractivity (Wildman–Crippen MR) is 60.4 cm³/mol. The third-order valence-corrected chi connectivity index (χ3v) is 2.63. The summed E-state index contributed by atoms with van der Waals surface area (Å²) in [6, 6.07) is 7.35. The predicted octanol–water partition coefficient (Wildman–Crippen LogP) is 3.08. The molecule has 82 valence electrons. The first kappa shape index (κ1) is 10.9. The first-order valence-corrected chi connectivity index (χ1v) is 5.25. The summed E-state index contributed by atoms with van der Waals surface area (Å²) in [5.41, 5.74) is 0.230. The van der Waals surface area contributed by atoms with Crippen LogP contribution in [-0.4, -0.2) is 15.6 Å². The molecule has 1 N–H and O–H groups in total. The van der Waals surface area contributed by atoms with Crippen LogP contribution in [0, 0.1) is 5.82 Å². The van der Waals surface area contributed by atoms with Crippen LogP contribution in [0.25, 0.3) is 5.69 Å². The highest BCUT2D eigenvalue weighted by molar-refractivity contribution is 9.10. The second kappa shape index (κ2) is 4.09. The Morgan fingerprint density at radius 3 is 2.81 bits per heavy atom. The molecule has 0 radical (unpaired) electrons. The zero-order valence-electron chi connectivity index (χ0n) is 8.02. The Hall–Kier alpha value is -1.62. The standard InChI is InChI=1S/C11H7BrFNO2/c12-7-3-4-8(13)10(6-7)14-5-1-2-9(14)11(15)16/h1-6H,(H,15,16). The van der Waals surface area contributed by atoms with E-state index < -0.39 is 11.8 Å². The van der Waals surface area contributed by atoms with Gasteiger partial charge in [0.15, 0.2) is 0 Å². The molecule has 0 unspecified atom stereocenters. The van der Waals surface area contributed by atoms with Gasteiger partial charge < -0.3 is 9.67 Å². The summed E-state index contributed by atoms with van der Waals surface area (Å²) in [7, 11) is 0. The number of aromatic carboxylic acids is 1. The lowest BCUT2D eigenvalue weighted by Gasteiger charge is -2.07. The SMILES string of the molecule is O=C(O)c1cccn1-c1cc(Br)ccc1F. The second-order valence-electron chi connectivity index (χ2n) is 3.16. The van der Waals surface area contributed by atoms with Crippen LogP contribution in [0.1, 0.15) is 10.5 Å². The fourth-order valence-electron chi connectivity index (χ4n) is 1.44. The van der Waals surface area contributed by atoms with E-state index in [1.807, 2.05) is 0 Å². The van der Waals surface area contributed by atoms with Crippen molar-refractivity contribution in [2.75, 3.05) is 0 Å². The Morgan fingerprint density at radius 2 is 2.12 bits per heavy atom. The molecule has 0 aliphatic heterocycles. The van der Waals surface area contributed by atoms with Crippen LogP contribution >= 0.6 is 15.9 Å². The number of nitrogens with zero attached hydrogens (tertiary/aromatic N) is 1. The van der Waals surface area contributed by atoms with Crippen molar-refractivity contribution in [2.45, 2.75) is 0 Å². The lowest BCUT2D eigenvalue weighted by molar-refractivity contribution is 0.0688. The van der Waals surface area contributed by atoms with E-state index in [1.54, 1.807) is 12.1 Å². The van der Waals surface area contributed by atoms with E-state index in [0.29, 0.717) is 4.47 Å². The van der Waals surface area contributed by atoms with Gasteiger partial charge in [0.05, 0.1) is 5.69 Å². The number of benzene rings is 1. The number of carbonyl (C=O) groups is 1. The molecule has 0 spiro atoms. The summed E-state index contributed by atoms with van der Waals surface area (Å²) < 4.78 is 15.5. The maximum Gasteiger partial charge on any atom is 0.352 e. The second-order valence-corrected chi connectivity index (χ2v) is 4.08. The number of hydrogen-bond donors (Lipinski definition) is 1. The van der Waals surface area contributed by atoms with Crippen LogP contribution in [0.4, 0.5) is 4.39 Å². The van der Waals surface area contributed by atoms with Gasteiger partial charge in [-0.2, -0.15) is 0 Å². The molecule has 0 atom stereocenters. The lowest BCUT2D eigenvalue weighted by atomic mass is 10.3. The van der Waals surface area contributed by atoms with Crippen molar-refractivity contribution in [3.63, 3.8) is 0 Å². The number of halogens is 2. The van der Waals surface area contributed by atoms with Crippen LogP contribution in [0.15, 0.2) is 41.0 Å². The fourth-order valence-corrected chi connectivity index (χ4v) is 1.78. The number of hydrogen-bond acceptors (Lipinski definition) is 1. The Kier molecular flexibility index (Phi) is 2.78. The summed E-state index contributed by atoms with van der Waals surface area (Å²) in [6.07, 6.45) is 1.51. The zero-order chi connectivity index (χ0) is 11.7. The summed E-state index contributed by atoms with van der Waals surface area (Å²) in [6.45, 7) is 0. The van der Waals surface area contributed by atoms with Crippen LogP contribution in [0.5, 0.6) is 0 Å². The molecule has 3 nitrogen and oxygen atoms in total. The van der Waals surface area contributed by atoms with E-state index in [4.69, 9.17) is 5.11 Å². The van der Waals surface area contributed by atoms with E-state index in [9.17, 15) is 9.18 Å². The van der Waals surface area contributed by atoms with Gasteiger partial charge in [-0.15, -0.1) is 0 Å². The molecule has 0 saturated carbocycles. The van der Waals surface area contributed by atoms with Crippen molar-refractivity contribution in [1.29, 1.82) is 0 Å². The van der Waals surface area contributed by atoms with Gasteiger partial charge in [0.25, 0.3) is 0 Å². The molecule has 0 aliphatic carbocycles. The number of carboxylic acids is 1. The quantitative estimate of drug-likeness (QED) is 0.920. The lowest BCUT2D eigenvalue weighted by Crippen LogP contribution is -2.07. The van der Waals surface area contributed by atoms with Crippen molar-refractivity contribution in [2.24, 2.45) is 0 Å². The first-order valence-electron chi connectivity index (χ1n) is 4.45. The third-order valence-electron chi connectivity index (χ3n) is 2.14. The topological polar surface area (TPSA) is 42.2 Å². The third kappa shape index (κ3) is 1.86. The van der Waals surface area contributed by atoms with Crippen molar-refractivity contribution in [3.8, 4) is 5.69 Å². The largest absolute Gasteiger partial charge is 0.477 e. The van der Waals surface area contributed by atoms with Crippen molar-refractivity contribution in [1.82, 2.24) is 4.57 Å². The van der Waals surface area contributed by atoms with Crippen LogP contribution in [-0.2, 0) is 0 Å². The van der Waals surface area contributed by atoms with Crippen LogP contribution < -0.4 is 0 Å². The van der Waals surface area contributed by atoms with Gasteiger partial charge >= 0.3 is 5.97 Å². The molecule has 1 aromatic heterocycles. The number of aromatic nitrogens is 1. The molecule has 0 amide bonds. The van der Waals surface area contributed by atoms with E-state index in [2.05, 4.69) is 15.9 Å². The Morgan fingerprint density at radius 1 is 1.38 bits per heavy atom. The monoisotopic (exact) mass is 283 g/mol. The van der Waals surface area contributed by atoms with Crippen LogP contribution in [0.2, 0.25) is 0 Å². The molecule has 0 fully saturated rings. The summed E-state index contributed by atoms with van der Waals surface area (Å²) in [4.78, 5) is 10.9. The highest BCUT2D eigenvalue weighted by atomic mass is 79.9. The molecule has 1 aromatic carbocycles. The number of carboxylic acid groups (broad SMARTS) is 1. The van der Waals surface area contributed by atoms with Gasteiger partial charge in [-0.3, -0.25) is 0 Å². The maximum atomic E-state index is 13.5. The molecule has 0 saturated heterocycles. The summed E-state index contributed by atoms with van der Waals surface area (Å²) >= 11 is 3.22. The molecule has 16 heavy (non-hydrogen) atoms. The smallest absolute Gasteiger partial charge is 0.352 e. The molecular formula is C11H7BrFNO2. The van der Waals surface area contributed by atoms with Gasteiger partial charge in [-0.25, -0.2) is 9.18 Å². The number of rotatable bonds is 2. The van der Waals surface area contributed by atoms with E-state index >= 15 is 0 Å². The minimum Gasteiger partial charge on any atom is -0.477 e. The van der Waals surface area contributed by atoms with Gasteiger partial charge in [0.1, 0.15) is 11.5 Å². The van der Waals surface area contributed by atoms with Gasteiger partial charge in [-0.05, 0) is 30.3 Å². The van der Waals surface area contributed by atoms with Gasteiger partial charge in [0, 0.05) is 10.7 Å². The Balaban J connectivity index is 2.62. The normalized spacial score (nSPS) is 10.4. The molecule has 2 aromatic rings. The highest BCUT2D eigenvalue weighted by Gasteiger charge is 2.13. The molecule has 1 heterocycles. The molecular weight excluding hydrogens is 277 g/mol. The van der Waals surface area contributed by atoms with Gasteiger partial charge in [-0.1, -0.05) is 15.9 Å². The first-order chi connectivity index (χ1) is 7.59. The average Bonchev–Trinajstić information content (AvgIpc) is 2.70. The summed E-state index contributed by atoms with van der Waals surface area (Å²) in [5, 5.41) is 8.92. The van der Waals surface area contributed by atoms with Crippen LogP contribution in [0.3, 0.4) is 0 Å². The Labute approximate surface area is 99.3 Å². The van der Waals surface area contributed by atoms with Crippen molar-refractivity contribution >= 4 is 21.9 Å². The minimum atomic E-state index is -1.09. The highest BCUT2D eigenvalue weighted by Crippen LogP contribution is 2.21. The van der Waals surface area contributed by atoms with E-state index in [-0.39, 0.29) is 11.4 Å². The molecule has 2 rings (SSSR count). The summed E-state index contributed by atoms with van der Waals surface area (Å²) in [5.74, 6) is -1.56. The molecule has 0 bridgehead atoms. The molecule has 0 aliphatic rings. The van der Waals surface area contributed by atoms with Gasteiger partial charge in [0.2, 0.25) is 0 Å². The fraction of sp³-hybridized carbons (Fsp3) is 0. The van der Waals surface area contributed by atoms with Crippen molar-refractivity contribution < 1.29 is 14.3 Å². The minimum absolute atomic E-state index is 0.0250. The maximum absolute atomic E-state index is 13.5. The van der Waals surface area contributed by atoms with Crippen molar-refractivity contribution in [3.05, 3.63) is 52.5 Å². The molecule has 5 heteroatoms. The van der Waals surface area contributed by atoms with E-state index in [1.165, 1.54) is 29.0 Å². The Bertz CT molecular complexity index is 551. The van der Waals surface area contributed by atoms with E-state index in [0.717, 1.165) is 0 Å². The zero-order valence-corrected chi connectivity index (χ0v) is 9.61.